The number of nitrogens with one attached hydrogen (secondary N) is 2. The summed E-state index contributed by atoms with van der Waals surface area (Å²) in [5.74, 6) is -0.592. The number of carbonyl (C=O) groups excluding carboxylic acids is 2. The Morgan fingerprint density at radius 3 is 2.03 bits per heavy atom. The summed E-state index contributed by atoms with van der Waals surface area (Å²) in [4.78, 5) is 25.4. The van der Waals surface area contributed by atoms with Crippen LogP contribution in [0.3, 0.4) is 0 Å². The fraction of sp³-hybridized carbons (Fsp3) is 0.143. The minimum absolute atomic E-state index is 0.183. The van der Waals surface area contributed by atoms with Crippen LogP contribution in [-0.2, 0) is 9.84 Å². The lowest BCUT2D eigenvalue weighted by atomic mass is 10.2. The second-order valence-corrected chi connectivity index (χ2v) is 10.0. The predicted octanol–water partition coefficient (Wildman–Crippen LogP) is 4.43. The average molecular weight is 429 g/mol. The van der Waals surface area contributed by atoms with Crippen LogP contribution in [0.25, 0.3) is 0 Å². The molecule has 0 saturated heterocycles. The molecule has 0 fully saturated rings. The van der Waals surface area contributed by atoms with Gasteiger partial charge in [0.15, 0.2) is 9.84 Å². The van der Waals surface area contributed by atoms with Crippen LogP contribution in [0, 0.1) is 0 Å². The summed E-state index contributed by atoms with van der Waals surface area (Å²) in [5.41, 5.74) is 1.40. The van der Waals surface area contributed by atoms with Gasteiger partial charge in [-0.1, -0.05) is 12.1 Å². The van der Waals surface area contributed by atoms with E-state index in [1.165, 1.54) is 35.6 Å². The molecule has 2 aromatic carbocycles. The Balaban J connectivity index is 1.70. The summed E-state index contributed by atoms with van der Waals surface area (Å²) < 4.78 is 24.4. The first-order chi connectivity index (χ1) is 13.8. The van der Waals surface area contributed by atoms with Crippen molar-refractivity contribution in [2.24, 2.45) is 0 Å². The van der Waals surface area contributed by atoms with Gasteiger partial charge in [0.2, 0.25) is 0 Å². The van der Waals surface area contributed by atoms with E-state index >= 15 is 0 Å². The summed E-state index contributed by atoms with van der Waals surface area (Å²) in [6.07, 6.45) is 0. The summed E-state index contributed by atoms with van der Waals surface area (Å²) in [6.45, 7) is 3.22. The molecule has 8 heteroatoms. The maximum Gasteiger partial charge on any atom is 0.265 e. The maximum atomic E-state index is 12.5. The molecule has 3 rings (SSSR count). The van der Waals surface area contributed by atoms with Crippen LogP contribution >= 0.6 is 11.3 Å². The number of rotatable bonds is 6. The Labute approximate surface area is 173 Å². The number of hydrogen-bond acceptors (Lipinski definition) is 5. The number of thiophene rings is 1. The molecule has 0 atom stereocenters. The Morgan fingerprint density at radius 2 is 1.48 bits per heavy atom. The highest BCUT2D eigenvalue weighted by Crippen LogP contribution is 2.20. The third-order valence-corrected chi connectivity index (χ3v) is 7.23. The number of carbonyl (C=O) groups is 2. The van der Waals surface area contributed by atoms with Crippen molar-refractivity contribution in [3.63, 3.8) is 0 Å². The lowest BCUT2D eigenvalue weighted by Gasteiger charge is -2.10. The smallest absolute Gasteiger partial charge is 0.265 e. The first-order valence-electron chi connectivity index (χ1n) is 8.87. The topological polar surface area (TPSA) is 92.3 Å². The van der Waals surface area contributed by atoms with Crippen molar-refractivity contribution < 1.29 is 18.0 Å². The van der Waals surface area contributed by atoms with Gasteiger partial charge < -0.3 is 10.6 Å². The number of sulfone groups is 1. The van der Waals surface area contributed by atoms with Crippen LogP contribution in [0.4, 0.5) is 11.4 Å². The highest BCUT2D eigenvalue weighted by molar-refractivity contribution is 7.92. The molecule has 0 saturated carbocycles. The summed E-state index contributed by atoms with van der Waals surface area (Å²) in [5, 5.41) is 6.83. The van der Waals surface area contributed by atoms with Gasteiger partial charge in [0.25, 0.3) is 11.8 Å². The molecule has 0 aliphatic rings. The van der Waals surface area contributed by atoms with E-state index in [2.05, 4.69) is 10.6 Å². The predicted molar refractivity (Wildman–Crippen MR) is 115 cm³/mol. The van der Waals surface area contributed by atoms with E-state index in [-0.39, 0.29) is 16.7 Å². The second kappa shape index (κ2) is 8.59. The number of amides is 2. The Bertz CT molecular complexity index is 1120. The lowest BCUT2D eigenvalue weighted by molar-refractivity contribution is 0.102. The van der Waals surface area contributed by atoms with Crippen molar-refractivity contribution in [3.8, 4) is 0 Å². The quantitative estimate of drug-likeness (QED) is 0.607. The van der Waals surface area contributed by atoms with Gasteiger partial charge in [-0.25, -0.2) is 8.42 Å². The normalized spacial score (nSPS) is 11.3. The van der Waals surface area contributed by atoms with Gasteiger partial charge in [0, 0.05) is 16.9 Å². The first kappa shape index (κ1) is 20.8. The van der Waals surface area contributed by atoms with Crippen molar-refractivity contribution in [1.29, 1.82) is 0 Å². The van der Waals surface area contributed by atoms with E-state index in [0.717, 1.165) is 0 Å². The molecular weight excluding hydrogens is 408 g/mol. The SMILES string of the molecule is CC(C)S(=O)(=O)c1ccc(C(=O)Nc2cccc(NC(=O)c3cccs3)c2)cc1. The molecule has 0 unspecified atom stereocenters. The fourth-order valence-corrected chi connectivity index (χ4v) is 4.23. The third-order valence-electron chi connectivity index (χ3n) is 4.19. The average Bonchev–Trinajstić information content (AvgIpc) is 3.23. The first-order valence-corrected chi connectivity index (χ1v) is 11.3. The van der Waals surface area contributed by atoms with Crippen molar-refractivity contribution in [2.75, 3.05) is 10.6 Å². The van der Waals surface area contributed by atoms with Gasteiger partial charge in [0.05, 0.1) is 15.0 Å². The van der Waals surface area contributed by atoms with Crippen LogP contribution in [0.15, 0.2) is 70.9 Å². The number of hydrogen-bond donors (Lipinski definition) is 2. The molecule has 2 N–H and O–H groups in total. The van der Waals surface area contributed by atoms with Crippen LogP contribution in [0.1, 0.15) is 33.9 Å². The highest BCUT2D eigenvalue weighted by atomic mass is 32.2. The second-order valence-electron chi connectivity index (χ2n) is 6.58. The molecule has 2 amide bonds. The van der Waals surface area contributed by atoms with Gasteiger partial charge in [-0.15, -0.1) is 11.3 Å². The number of anilines is 2. The molecule has 0 spiro atoms. The Hall–Kier alpha value is -2.97. The van der Waals surface area contributed by atoms with Gasteiger partial charge in [-0.2, -0.15) is 0 Å². The zero-order chi connectivity index (χ0) is 21.0. The molecular formula is C21H20N2O4S2. The molecule has 150 valence electrons. The van der Waals surface area contributed by atoms with Crippen molar-refractivity contribution >= 4 is 44.4 Å². The van der Waals surface area contributed by atoms with Crippen LogP contribution in [-0.4, -0.2) is 25.5 Å². The Morgan fingerprint density at radius 1 is 0.862 bits per heavy atom. The van der Waals surface area contributed by atoms with Gasteiger partial charge in [0.1, 0.15) is 0 Å². The van der Waals surface area contributed by atoms with E-state index in [1.807, 2.05) is 5.38 Å². The standard InChI is InChI=1S/C21H20N2O4S2/c1-14(2)29(26,27)18-10-8-15(9-11-18)20(24)22-16-5-3-6-17(13-16)23-21(25)19-7-4-12-28-19/h3-14H,1-2H3,(H,22,24)(H,23,25). The molecule has 29 heavy (non-hydrogen) atoms. The fourth-order valence-electron chi connectivity index (χ4n) is 2.55. The van der Waals surface area contributed by atoms with Crippen LogP contribution in [0.5, 0.6) is 0 Å². The maximum absolute atomic E-state index is 12.5. The van der Waals surface area contributed by atoms with E-state index in [4.69, 9.17) is 0 Å². The number of benzene rings is 2. The van der Waals surface area contributed by atoms with Crippen molar-refractivity contribution in [2.45, 2.75) is 24.0 Å². The molecule has 1 heterocycles. The van der Waals surface area contributed by atoms with Gasteiger partial charge in [-0.3, -0.25) is 9.59 Å². The third kappa shape index (κ3) is 4.90. The van der Waals surface area contributed by atoms with Crippen LogP contribution < -0.4 is 10.6 Å². The summed E-state index contributed by atoms with van der Waals surface area (Å²) in [7, 11) is -3.39. The molecule has 3 aromatic rings. The van der Waals surface area contributed by atoms with Crippen LogP contribution in [0.2, 0.25) is 0 Å². The van der Waals surface area contributed by atoms with Gasteiger partial charge in [-0.05, 0) is 67.8 Å². The minimum Gasteiger partial charge on any atom is -0.322 e. The molecule has 0 radical (unpaired) electrons. The minimum atomic E-state index is -3.39. The summed E-state index contributed by atoms with van der Waals surface area (Å²) >= 11 is 1.34. The monoisotopic (exact) mass is 428 g/mol. The molecule has 6 nitrogen and oxygen atoms in total. The highest BCUT2D eigenvalue weighted by Gasteiger charge is 2.19. The molecule has 0 aliphatic carbocycles. The van der Waals surface area contributed by atoms with Gasteiger partial charge >= 0.3 is 0 Å². The molecule has 0 aliphatic heterocycles. The zero-order valence-electron chi connectivity index (χ0n) is 15.9. The van der Waals surface area contributed by atoms with E-state index in [1.54, 1.807) is 50.2 Å². The largest absolute Gasteiger partial charge is 0.322 e. The Kier molecular flexibility index (Phi) is 6.14. The van der Waals surface area contributed by atoms with E-state index in [9.17, 15) is 18.0 Å². The molecule has 0 bridgehead atoms. The van der Waals surface area contributed by atoms with Crippen molar-refractivity contribution in [3.05, 3.63) is 76.5 Å². The van der Waals surface area contributed by atoms with Crippen molar-refractivity contribution in [1.82, 2.24) is 0 Å². The van der Waals surface area contributed by atoms with E-state index in [0.29, 0.717) is 21.8 Å². The van der Waals surface area contributed by atoms with E-state index < -0.39 is 15.1 Å². The zero-order valence-corrected chi connectivity index (χ0v) is 17.5. The lowest BCUT2D eigenvalue weighted by Crippen LogP contribution is -2.15. The summed E-state index contributed by atoms with van der Waals surface area (Å²) in [6, 6.07) is 16.2. The molecule has 1 aromatic heterocycles.